The van der Waals surface area contributed by atoms with Gasteiger partial charge in [0.2, 0.25) is 5.88 Å². The third-order valence-corrected chi connectivity index (χ3v) is 2.94. The summed E-state index contributed by atoms with van der Waals surface area (Å²) in [6.45, 7) is 3.84. The molecule has 0 atom stereocenters. The lowest BCUT2D eigenvalue weighted by Gasteiger charge is -2.02. The lowest BCUT2D eigenvalue weighted by Crippen LogP contribution is -2.13. The van der Waals surface area contributed by atoms with Crippen LogP contribution in [0.2, 0.25) is 5.15 Å². The van der Waals surface area contributed by atoms with E-state index in [1.54, 1.807) is 6.07 Å². The zero-order chi connectivity index (χ0) is 15.6. The molecule has 0 aromatic carbocycles. The topological polar surface area (TPSA) is 111 Å². The highest BCUT2D eigenvalue weighted by molar-refractivity contribution is 6.33. The van der Waals surface area contributed by atoms with Gasteiger partial charge in [-0.15, -0.1) is 0 Å². The quantitative estimate of drug-likeness (QED) is 0.528. The van der Waals surface area contributed by atoms with Crippen LogP contribution in [0.3, 0.4) is 0 Å². The van der Waals surface area contributed by atoms with Crippen LogP contribution in [0, 0.1) is 10.1 Å². The fraction of sp³-hybridized carbons (Fsp3) is 0.250. The number of anilines is 1. The first-order chi connectivity index (χ1) is 9.88. The predicted octanol–water partition coefficient (Wildman–Crippen LogP) is 3.01. The summed E-state index contributed by atoms with van der Waals surface area (Å²) in [7, 11) is 0. The van der Waals surface area contributed by atoms with E-state index >= 15 is 0 Å². The summed E-state index contributed by atoms with van der Waals surface area (Å²) in [5.41, 5.74) is 0.229. The van der Waals surface area contributed by atoms with Gasteiger partial charge in [-0.1, -0.05) is 30.6 Å². The lowest BCUT2D eigenvalue weighted by molar-refractivity contribution is -0.385. The van der Waals surface area contributed by atoms with Crippen LogP contribution >= 0.6 is 11.6 Å². The van der Waals surface area contributed by atoms with Crippen LogP contribution in [0.1, 0.15) is 35.8 Å². The Morgan fingerprint density at radius 2 is 2.19 bits per heavy atom. The Labute approximate surface area is 124 Å². The smallest absolute Gasteiger partial charge is 0.288 e. The lowest BCUT2D eigenvalue weighted by atomic mass is 10.1. The fourth-order valence-corrected chi connectivity index (χ4v) is 1.68. The second-order valence-corrected chi connectivity index (χ2v) is 4.87. The molecule has 0 spiro atoms. The molecule has 2 rings (SSSR count). The van der Waals surface area contributed by atoms with E-state index in [0.717, 1.165) is 12.3 Å². The van der Waals surface area contributed by atoms with E-state index in [4.69, 9.17) is 16.1 Å². The van der Waals surface area contributed by atoms with E-state index < -0.39 is 10.8 Å². The van der Waals surface area contributed by atoms with Gasteiger partial charge >= 0.3 is 0 Å². The standard InChI is InChI=1S/C12H11ClN4O4/c1-6(2)9-4-10(21-16-9)15-12(18)8-3-7(17(19)20)5-14-11(8)13/h3-6H,1-2H3,(H,15,18). The largest absolute Gasteiger partial charge is 0.338 e. The van der Waals surface area contributed by atoms with E-state index in [2.05, 4.69) is 15.5 Å². The number of nitrogens with one attached hydrogen (secondary N) is 1. The summed E-state index contributed by atoms with van der Waals surface area (Å²) in [4.78, 5) is 25.7. The van der Waals surface area contributed by atoms with Crippen molar-refractivity contribution < 1.29 is 14.2 Å². The summed E-state index contributed by atoms with van der Waals surface area (Å²) < 4.78 is 4.96. The molecule has 0 saturated heterocycles. The van der Waals surface area contributed by atoms with Gasteiger partial charge in [0, 0.05) is 12.1 Å². The van der Waals surface area contributed by atoms with Gasteiger partial charge in [-0.05, 0) is 5.92 Å². The zero-order valence-corrected chi connectivity index (χ0v) is 11.9. The van der Waals surface area contributed by atoms with E-state index in [1.165, 1.54) is 0 Å². The Balaban J connectivity index is 2.23. The molecule has 110 valence electrons. The first-order valence-corrected chi connectivity index (χ1v) is 6.34. The summed E-state index contributed by atoms with van der Waals surface area (Å²) >= 11 is 5.78. The highest BCUT2D eigenvalue weighted by atomic mass is 35.5. The van der Waals surface area contributed by atoms with Crippen molar-refractivity contribution in [1.29, 1.82) is 0 Å². The Kier molecular flexibility index (Phi) is 4.18. The van der Waals surface area contributed by atoms with Gasteiger partial charge in [-0.3, -0.25) is 20.2 Å². The Morgan fingerprint density at radius 1 is 1.48 bits per heavy atom. The molecule has 2 aromatic rings. The average Bonchev–Trinajstić information content (AvgIpc) is 2.87. The molecule has 2 aromatic heterocycles. The number of pyridine rings is 1. The van der Waals surface area contributed by atoms with Crippen molar-refractivity contribution in [2.75, 3.05) is 5.32 Å². The van der Waals surface area contributed by atoms with Crippen molar-refractivity contribution in [2.45, 2.75) is 19.8 Å². The third-order valence-electron chi connectivity index (χ3n) is 2.64. The van der Waals surface area contributed by atoms with Gasteiger partial charge in [0.25, 0.3) is 11.6 Å². The van der Waals surface area contributed by atoms with Crippen molar-refractivity contribution in [3.8, 4) is 0 Å². The van der Waals surface area contributed by atoms with E-state index in [9.17, 15) is 14.9 Å². The van der Waals surface area contributed by atoms with Crippen molar-refractivity contribution in [3.63, 3.8) is 0 Å². The minimum absolute atomic E-state index is 0.117. The number of hydrogen-bond acceptors (Lipinski definition) is 6. The van der Waals surface area contributed by atoms with Crippen LogP contribution in [-0.2, 0) is 0 Å². The van der Waals surface area contributed by atoms with Gasteiger partial charge < -0.3 is 4.52 Å². The van der Waals surface area contributed by atoms with Crippen LogP contribution in [-0.4, -0.2) is 21.0 Å². The number of amides is 1. The Morgan fingerprint density at radius 3 is 2.76 bits per heavy atom. The molecule has 0 aliphatic heterocycles. The number of halogens is 1. The highest BCUT2D eigenvalue weighted by Gasteiger charge is 2.19. The molecule has 0 saturated carbocycles. The number of nitrogens with zero attached hydrogens (tertiary/aromatic N) is 3. The van der Waals surface area contributed by atoms with E-state index in [1.807, 2.05) is 13.8 Å². The highest BCUT2D eigenvalue weighted by Crippen LogP contribution is 2.22. The zero-order valence-electron chi connectivity index (χ0n) is 11.2. The van der Waals surface area contributed by atoms with Crippen molar-refractivity contribution in [1.82, 2.24) is 10.1 Å². The molecule has 9 heteroatoms. The molecular weight excluding hydrogens is 300 g/mol. The van der Waals surface area contributed by atoms with Gasteiger partial charge in [0.05, 0.1) is 16.2 Å². The molecule has 21 heavy (non-hydrogen) atoms. The van der Waals surface area contributed by atoms with E-state index in [0.29, 0.717) is 5.69 Å². The maximum Gasteiger partial charge on any atom is 0.288 e. The van der Waals surface area contributed by atoms with Crippen LogP contribution < -0.4 is 5.32 Å². The SMILES string of the molecule is CC(C)c1cc(NC(=O)c2cc([N+](=O)[O-])cnc2Cl)on1. The minimum Gasteiger partial charge on any atom is -0.338 e. The van der Waals surface area contributed by atoms with Gasteiger partial charge in [0.1, 0.15) is 11.3 Å². The van der Waals surface area contributed by atoms with Crippen LogP contribution in [0.5, 0.6) is 0 Å². The Bertz CT molecular complexity index is 698. The predicted molar refractivity (Wildman–Crippen MR) is 74.4 cm³/mol. The number of aromatic nitrogens is 2. The number of hydrogen-bond donors (Lipinski definition) is 1. The molecule has 0 bridgehead atoms. The third kappa shape index (κ3) is 3.34. The monoisotopic (exact) mass is 310 g/mol. The number of rotatable bonds is 4. The molecule has 0 fully saturated rings. The fourth-order valence-electron chi connectivity index (χ4n) is 1.50. The normalized spacial score (nSPS) is 10.7. The van der Waals surface area contributed by atoms with E-state index in [-0.39, 0.29) is 28.2 Å². The first kappa shape index (κ1) is 14.9. The summed E-state index contributed by atoms with van der Waals surface area (Å²) in [6, 6.07) is 2.62. The van der Waals surface area contributed by atoms with Crippen molar-refractivity contribution >= 4 is 29.1 Å². The summed E-state index contributed by atoms with van der Waals surface area (Å²) in [5, 5.41) is 16.8. The molecule has 1 N–H and O–H groups in total. The molecule has 0 aliphatic rings. The second-order valence-electron chi connectivity index (χ2n) is 4.51. The Hall–Kier alpha value is -2.48. The summed E-state index contributed by atoms with van der Waals surface area (Å²) in [6.07, 6.45) is 0.977. The average molecular weight is 311 g/mol. The molecule has 0 unspecified atom stereocenters. The van der Waals surface area contributed by atoms with Crippen molar-refractivity contribution in [3.05, 3.63) is 44.9 Å². The molecule has 2 heterocycles. The second kappa shape index (κ2) is 5.88. The van der Waals surface area contributed by atoms with Crippen LogP contribution in [0.25, 0.3) is 0 Å². The number of carbonyl (C=O) groups excluding carboxylic acids is 1. The molecular formula is C12H11ClN4O4. The molecule has 1 amide bonds. The van der Waals surface area contributed by atoms with Crippen LogP contribution in [0.15, 0.2) is 22.9 Å². The molecule has 0 radical (unpaired) electrons. The summed E-state index contributed by atoms with van der Waals surface area (Å²) in [5.74, 6) is -0.392. The van der Waals surface area contributed by atoms with Gasteiger partial charge in [0.15, 0.2) is 0 Å². The van der Waals surface area contributed by atoms with Gasteiger partial charge in [-0.2, -0.15) is 0 Å². The maximum atomic E-state index is 12.0. The maximum absolute atomic E-state index is 12.0. The molecule has 0 aliphatic carbocycles. The number of carbonyl (C=O) groups is 1. The van der Waals surface area contributed by atoms with Crippen LogP contribution in [0.4, 0.5) is 11.6 Å². The first-order valence-electron chi connectivity index (χ1n) is 5.96. The minimum atomic E-state index is -0.664. The van der Waals surface area contributed by atoms with Crippen molar-refractivity contribution in [2.24, 2.45) is 0 Å². The van der Waals surface area contributed by atoms with Gasteiger partial charge in [-0.25, -0.2) is 4.98 Å². The number of nitro groups is 1. The molecule has 8 nitrogen and oxygen atoms in total.